The largest absolute Gasteiger partial charge is 0.335 e. The number of nitrogens with zero attached hydrogens (tertiary/aromatic N) is 1. The van der Waals surface area contributed by atoms with E-state index in [-0.39, 0.29) is 6.03 Å². The Bertz CT molecular complexity index is 187. The number of nitrogens with one attached hydrogen (secondary N) is 1. The molecule has 3 nitrogen and oxygen atoms in total. The fourth-order valence-corrected chi connectivity index (χ4v) is 1.69. The van der Waals surface area contributed by atoms with Crippen LogP contribution in [0.3, 0.4) is 0 Å². The van der Waals surface area contributed by atoms with Gasteiger partial charge in [-0.15, -0.1) is 0 Å². The molecule has 0 aromatic heterocycles. The third-order valence-electron chi connectivity index (χ3n) is 2.81. The van der Waals surface area contributed by atoms with Gasteiger partial charge in [-0.05, 0) is 25.2 Å². The summed E-state index contributed by atoms with van der Waals surface area (Å²) in [5.74, 6) is 0.705. The van der Waals surface area contributed by atoms with E-state index >= 15 is 0 Å². The summed E-state index contributed by atoms with van der Waals surface area (Å²) in [4.78, 5) is 13.4. The maximum atomic E-state index is 11.5. The summed E-state index contributed by atoms with van der Waals surface area (Å²) < 4.78 is 0. The van der Waals surface area contributed by atoms with Crippen LogP contribution in [-0.2, 0) is 0 Å². The zero-order valence-electron chi connectivity index (χ0n) is 7.55. The van der Waals surface area contributed by atoms with Gasteiger partial charge in [-0.25, -0.2) is 4.79 Å². The number of urea groups is 1. The Balaban J connectivity index is 1.76. The summed E-state index contributed by atoms with van der Waals surface area (Å²) in [7, 11) is 0. The maximum absolute atomic E-state index is 11.5. The molecular weight excluding hydrogens is 152 g/mol. The minimum Gasteiger partial charge on any atom is -0.335 e. The average molecular weight is 168 g/mol. The first-order valence-electron chi connectivity index (χ1n) is 4.83. The van der Waals surface area contributed by atoms with Gasteiger partial charge in [0.15, 0.2) is 0 Å². The Labute approximate surface area is 73.1 Å². The van der Waals surface area contributed by atoms with Crippen molar-refractivity contribution >= 4 is 6.03 Å². The molecule has 12 heavy (non-hydrogen) atoms. The van der Waals surface area contributed by atoms with Gasteiger partial charge in [-0.3, -0.25) is 0 Å². The smallest absolute Gasteiger partial charge is 0.317 e. The van der Waals surface area contributed by atoms with Gasteiger partial charge in [0, 0.05) is 19.1 Å². The molecule has 2 atom stereocenters. The monoisotopic (exact) mass is 168 g/mol. The van der Waals surface area contributed by atoms with Crippen LogP contribution in [0.2, 0.25) is 0 Å². The molecule has 1 aliphatic heterocycles. The van der Waals surface area contributed by atoms with Crippen LogP contribution in [0.1, 0.15) is 26.2 Å². The predicted octanol–water partition coefficient (Wildman–Crippen LogP) is 1.20. The van der Waals surface area contributed by atoms with Gasteiger partial charge in [-0.2, -0.15) is 0 Å². The van der Waals surface area contributed by atoms with Crippen LogP contribution in [0.5, 0.6) is 0 Å². The Morgan fingerprint density at radius 3 is 2.50 bits per heavy atom. The molecule has 1 N–H and O–H groups in total. The number of hydrogen-bond acceptors (Lipinski definition) is 1. The summed E-state index contributed by atoms with van der Waals surface area (Å²) in [5.41, 5.74) is 0. The molecule has 0 aromatic carbocycles. The first-order chi connectivity index (χ1) is 5.77. The van der Waals surface area contributed by atoms with Gasteiger partial charge >= 0.3 is 6.03 Å². The second-order valence-electron chi connectivity index (χ2n) is 3.96. The lowest BCUT2D eigenvalue weighted by molar-refractivity contribution is 0.208. The molecule has 68 valence electrons. The molecule has 1 saturated heterocycles. The van der Waals surface area contributed by atoms with E-state index in [1.807, 2.05) is 4.90 Å². The normalized spacial score (nSPS) is 33.6. The Morgan fingerprint density at radius 1 is 1.42 bits per heavy atom. The molecule has 0 aromatic rings. The van der Waals surface area contributed by atoms with Crippen LogP contribution in [0.15, 0.2) is 0 Å². The molecule has 2 aliphatic rings. The molecule has 2 amide bonds. The standard InChI is InChI=1S/C9H16N2O/c1-7-6-8(7)10-9(12)11-4-2-3-5-11/h7-8H,2-6H2,1H3,(H,10,12). The minimum atomic E-state index is 0.154. The molecule has 0 spiro atoms. The Kier molecular flexibility index (Phi) is 1.95. The second kappa shape index (κ2) is 2.96. The van der Waals surface area contributed by atoms with Crippen LogP contribution >= 0.6 is 0 Å². The number of rotatable bonds is 1. The van der Waals surface area contributed by atoms with E-state index in [0.717, 1.165) is 13.1 Å². The van der Waals surface area contributed by atoms with E-state index in [2.05, 4.69) is 12.2 Å². The number of carbonyl (C=O) groups is 1. The van der Waals surface area contributed by atoms with E-state index in [0.29, 0.717) is 12.0 Å². The first kappa shape index (κ1) is 7.90. The second-order valence-corrected chi connectivity index (χ2v) is 3.96. The highest BCUT2D eigenvalue weighted by atomic mass is 16.2. The van der Waals surface area contributed by atoms with Crippen molar-refractivity contribution in [3.05, 3.63) is 0 Å². The average Bonchev–Trinajstić information content (AvgIpc) is 2.58. The topological polar surface area (TPSA) is 32.3 Å². The maximum Gasteiger partial charge on any atom is 0.317 e. The number of likely N-dealkylation sites (tertiary alicyclic amines) is 1. The van der Waals surface area contributed by atoms with E-state index < -0.39 is 0 Å². The van der Waals surface area contributed by atoms with Gasteiger partial charge in [0.2, 0.25) is 0 Å². The van der Waals surface area contributed by atoms with Crippen LogP contribution in [-0.4, -0.2) is 30.1 Å². The molecular formula is C9H16N2O. The third-order valence-corrected chi connectivity index (χ3v) is 2.81. The SMILES string of the molecule is CC1CC1NC(=O)N1CCCC1. The van der Waals surface area contributed by atoms with Gasteiger partial charge in [0.1, 0.15) is 0 Å². The zero-order chi connectivity index (χ0) is 8.55. The van der Waals surface area contributed by atoms with Crippen molar-refractivity contribution < 1.29 is 4.79 Å². The minimum absolute atomic E-state index is 0.154. The number of carbonyl (C=O) groups excluding carboxylic acids is 1. The molecule has 1 saturated carbocycles. The van der Waals surface area contributed by atoms with Gasteiger partial charge in [-0.1, -0.05) is 6.92 Å². The molecule has 1 heterocycles. The molecule has 2 rings (SSSR count). The van der Waals surface area contributed by atoms with E-state index in [1.54, 1.807) is 0 Å². The van der Waals surface area contributed by atoms with Gasteiger partial charge < -0.3 is 10.2 Å². The molecule has 2 unspecified atom stereocenters. The number of hydrogen-bond donors (Lipinski definition) is 1. The highest BCUT2D eigenvalue weighted by molar-refractivity contribution is 5.75. The third kappa shape index (κ3) is 1.54. The zero-order valence-corrected chi connectivity index (χ0v) is 7.55. The summed E-state index contributed by atoms with van der Waals surface area (Å²) >= 11 is 0. The van der Waals surface area contributed by atoms with Crippen molar-refractivity contribution in [3.8, 4) is 0 Å². The van der Waals surface area contributed by atoms with Crippen molar-refractivity contribution in [3.63, 3.8) is 0 Å². The Hall–Kier alpha value is -0.730. The molecule has 2 fully saturated rings. The summed E-state index contributed by atoms with van der Waals surface area (Å²) in [5, 5.41) is 3.03. The molecule has 3 heteroatoms. The summed E-state index contributed by atoms with van der Waals surface area (Å²) in [6, 6.07) is 0.625. The van der Waals surface area contributed by atoms with Crippen LogP contribution in [0.25, 0.3) is 0 Å². The Morgan fingerprint density at radius 2 is 2.00 bits per heavy atom. The van der Waals surface area contributed by atoms with Crippen molar-refractivity contribution in [1.29, 1.82) is 0 Å². The predicted molar refractivity (Wildman–Crippen MR) is 46.9 cm³/mol. The lowest BCUT2D eigenvalue weighted by Crippen LogP contribution is -2.39. The highest BCUT2D eigenvalue weighted by Crippen LogP contribution is 2.29. The van der Waals surface area contributed by atoms with Crippen molar-refractivity contribution in [2.45, 2.75) is 32.2 Å². The lowest BCUT2D eigenvalue weighted by Gasteiger charge is -2.15. The molecule has 0 radical (unpaired) electrons. The summed E-state index contributed by atoms with van der Waals surface area (Å²) in [6.07, 6.45) is 3.51. The fraction of sp³-hybridized carbons (Fsp3) is 0.889. The van der Waals surface area contributed by atoms with Crippen molar-refractivity contribution in [2.24, 2.45) is 5.92 Å². The van der Waals surface area contributed by atoms with E-state index in [9.17, 15) is 4.79 Å². The van der Waals surface area contributed by atoms with Gasteiger partial charge in [0.05, 0.1) is 0 Å². The first-order valence-corrected chi connectivity index (χ1v) is 4.83. The van der Waals surface area contributed by atoms with E-state index in [1.165, 1.54) is 19.3 Å². The quantitative estimate of drug-likeness (QED) is 0.627. The van der Waals surface area contributed by atoms with Crippen LogP contribution in [0, 0.1) is 5.92 Å². The van der Waals surface area contributed by atoms with Crippen LogP contribution in [0.4, 0.5) is 4.79 Å². The van der Waals surface area contributed by atoms with Crippen molar-refractivity contribution in [1.82, 2.24) is 10.2 Å². The van der Waals surface area contributed by atoms with Crippen molar-refractivity contribution in [2.75, 3.05) is 13.1 Å². The lowest BCUT2D eigenvalue weighted by atomic mass is 10.4. The van der Waals surface area contributed by atoms with Gasteiger partial charge in [0.25, 0.3) is 0 Å². The highest BCUT2D eigenvalue weighted by Gasteiger charge is 2.35. The van der Waals surface area contributed by atoms with Crippen LogP contribution < -0.4 is 5.32 Å². The molecule has 1 aliphatic carbocycles. The van der Waals surface area contributed by atoms with E-state index in [4.69, 9.17) is 0 Å². The number of amides is 2. The molecule has 0 bridgehead atoms. The fourth-order valence-electron chi connectivity index (χ4n) is 1.69. The summed E-state index contributed by atoms with van der Waals surface area (Å²) in [6.45, 7) is 4.08.